The summed E-state index contributed by atoms with van der Waals surface area (Å²) in [6.45, 7) is 0. The van der Waals surface area contributed by atoms with Gasteiger partial charge in [-0.15, -0.1) is 10.2 Å². The molecule has 1 aliphatic rings. The van der Waals surface area contributed by atoms with E-state index in [0.29, 0.717) is 0 Å². The Kier molecular flexibility index (Phi) is 3.51. The van der Waals surface area contributed by atoms with Crippen molar-refractivity contribution in [3.05, 3.63) is 58.8 Å². The van der Waals surface area contributed by atoms with Gasteiger partial charge >= 0.3 is 0 Å². The number of nitrogens with zero attached hydrogens (tertiary/aromatic N) is 5. The summed E-state index contributed by atoms with van der Waals surface area (Å²) in [6, 6.07) is 12.0. The lowest BCUT2D eigenvalue weighted by atomic mass is 10.1. The Morgan fingerprint density at radius 2 is 1.91 bits per heavy atom. The second kappa shape index (κ2) is 5.66. The smallest absolute Gasteiger partial charge is 0.212 e. The molecule has 7 heteroatoms. The molecule has 0 saturated carbocycles. The van der Waals surface area contributed by atoms with Gasteiger partial charge in [0, 0.05) is 28.2 Å². The van der Waals surface area contributed by atoms with Crippen molar-refractivity contribution in [2.24, 2.45) is 5.10 Å². The Hall–Kier alpha value is -1.99. The Labute approximate surface area is 139 Å². The van der Waals surface area contributed by atoms with E-state index in [9.17, 15) is 0 Å². The van der Waals surface area contributed by atoms with Crippen LogP contribution in [0.2, 0.25) is 0 Å². The van der Waals surface area contributed by atoms with Gasteiger partial charge in [-0.3, -0.25) is 4.98 Å². The Morgan fingerprint density at radius 1 is 1.05 bits per heavy atom. The van der Waals surface area contributed by atoms with Gasteiger partial charge in [0.25, 0.3) is 0 Å². The standard InChI is InChI=1S/C15H10BrN5S/c16-12-3-1-2-11(8-12)13-9-22-15-19-18-14(21(15)20-13)10-4-6-17-7-5-10/h1-8H,9H2. The molecule has 0 radical (unpaired) electrons. The quantitative estimate of drug-likeness (QED) is 0.691. The maximum absolute atomic E-state index is 4.74. The monoisotopic (exact) mass is 371 g/mol. The van der Waals surface area contributed by atoms with Crippen LogP contribution in [0.1, 0.15) is 5.56 Å². The molecule has 0 bridgehead atoms. The molecule has 0 saturated heterocycles. The van der Waals surface area contributed by atoms with Crippen LogP contribution in [0.4, 0.5) is 0 Å². The van der Waals surface area contributed by atoms with Crippen molar-refractivity contribution >= 4 is 33.4 Å². The van der Waals surface area contributed by atoms with Crippen LogP contribution in [0.3, 0.4) is 0 Å². The Bertz CT molecular complexity index is 859. The highest BCUT2D eigenvalue weighted by Crippen LogP contribution is 2.28. The van der Waals surface area contributed by atoms with Crippen LogP contribution in [-0.2, 0) is 0 Å². The second-order valence-electron chi connectivity index (χ2n) is 4.70. The van der Waals surface area contributed by atoms with Crippen molar-refractivity contribution in [3.63, 3.8) is 0 Å². The van der Waals surface area contributed by atoms with E-state index in [1.165, 1.54) is 0 Å². The molecule has 5 nitrogen and oxygen atoms in total. The minimum atomic E-state index is 0.733. The third-order valence-electron chi connectivity index (χ3n) is 3.27. The topological polar surface area (TPSA) is 56.0 Å². The van der Waals surface area contributed by atoms with Gasteiger partial charge in [-0.1, -0.05) is 39.8 Å². The normalized spacial score (nSPS) is 13.6. The number of fused-ring (bicyclic) bond motifs is 1. The summed E-state index contributed by atoms with van der Waals surface area (Å²) in [4.78, 5) is 4.04. The predicted octanol–water partition coefficient (Wildman–Crippen LogP) is 3.46. The largest absolute Gasteiger partial charge is 0.265 e. The first-order valence-corrected chi connectivity index (χ1v) is 8.41. The van der Waals surface area contributed by atoms with Crippen LogP contribution in [0.15, 0.2) is 63.5 Å². The zero-order chi connectivity index (χ0) is 14.9. The van der Waals surface area contributed by atoms with E-state index in [-0.39, 0.29) is 0 Å². The second-order valence-corrected chi connectivity index (χ2v) is 6.56. The third kappa shape index (κ3) is 2.46. The lowest BCUT2D eigenvalue weighted by molar-refractivity contribution is 0.762. The molecule has 0 atom stereocenters. The van der Waals surface area contributed by atoms with Crippen molar-refractivity contribution in [3.8, 4) is 11.4 Å². The van der Waals surface area contributed by atoms with Crippen molar-refractivity contribution in [1.82, 2.24) is 19.9 Å². The fourth-order valence-electron chi connectivity index (χ4n) is 2.22. The van der Waals surface area contributed by atoms with Crippen LogP contribution in [0.5, 0.6) is 0 Å². The highest BCUT2D eigenvalue weighted by Gasteiger charge is 2.20. The fraction of sp³-hybridized carbons (Fsp3) is 0.0667. The van der Waals surface area contributed by atoms with Gasteiger partial charge in [-0.25, -0.2) is 0 Å². The van der Waals surface area contributed by atoms with Crippen LogP contribution < -0.4 is 0 Å². The molecule has 0 amide bonds. The predicted molar refractivity (Wildman–Crippen MR) is 90.1 cm³/mol. The van der Waals surface area contributed by atoms with E-state index in [1.807, 2.05) is 24.3 Å². The maximum Gasteiger partial charge on any atom is 0.212 e. The Balaban J connectivity index is 1.81. The van der Waals surface area contributed by atoms with Crippen LogP contribution in [-0.4, -0.2) is 31.3 Å². The molecule has 3 heterocycles. The van der Waals surface area contributed by atoms with Gasteiger partial charge in [0.2, 0.25) is 5.16 Å². The summed E-state index contributed by atoms with van der Waals surface area (Å²) >= 11 is 5.14. The minimum Gasteiger partial charge on any atom is -0.265 e. The molecule has 0 unspecified atom stereocenters. The third-order valence-corrected chi connectivity index (χ3v) is 4.69. The fourth-order valence-corrected chi connectivity index (χ4v) is 3.46. The van der Waals surface area contributed by atoms with Gasteiger partial charge < -0.3 is 0 Å². The molecule has 3 aromatic rings. The number of pyridine rings is 1. The number of hydrogen-bond acceptors (Lipinski definition) is 5. The summed E-state index contributed by atoms with van der Waals surface area (Å²) in [5.41, 5.74) is 3.06. The summed E-state index contributed by atoms with van der Waals surface area (Å²) in [5, 5.41) is 14.0. The number of rotatable bonds is 2. The summed E-state index contributed by atoms with van der Waals surface area (Å²) in [6.07, 6.45) is 3.48. The van der Waals surface area contributed by atoms with Crippen LogP contribution in [0, 0.1) is 0 Å². The van der Waals surface area contributed by atoms with Crippen molar-refractivity contribution in [2.45, 2.75) is 5.16 Å². The molecular formula is C15H10BrN5S. The van der Waals surface area contributed by atoms with E-state index in [4.69, 9.17) is 5.10 Å². The van der Waals surface area contributed by atoms with E-state index in [2.05, 4.69) is 43.2 Å². The molecule has 1 aliphatic heterocycles. The molecular weight excluding hydrogens is 362 g/mol. The van der Waals surface area contributed by atoms with Crippen LogP contribution >= 0.6 is 27.7 Å². The first kappa shape index (κ1) is 13.7. The SMILES string of the molecule is Brc1cccc(C2=Nn3c(nnc3-c3ccncc3)SC2)c1. The Morgan fingerprint density at radius 3 is 2.73 bits per heavy atom. The summed E-state index contributed by atoms with van der Waals surface area (Å²) in [7, 11) is 0. The lowest BCUT2D eigenvalue weighted by Crippen LogP contribution is -2.13. The average molecular weight is 372 g/mol. The van der Waals surface area contributed by atoms with Crippen molar-refractivity contribution in [1.29, 1.82) is 0 Å². The average Bonchev–Trinajstić information content (AvgIpc) is 2.99. The molecule has 0 spiro atoms. The van der Waals surface area contributed by atoms with Gasteiger partial charge in [-0.05, 0) is 29.8 Å². The molecule has 22 heavy (non-hydrogen) atoms. The van der Waals surface area contributed by atoms with E-state index in [0.717, 1.165) is 38.0 Å². The highest BCUT2D eigenvalue weighted by atomic mass is 79.9. The van der Waals surface area contributed by atoms with E-state index >= 15 is 0 Å². The number of hydrogen-bond donors (Lipinski definition) is 0. The van der Waals surface area contributed by atoms with E-state index < -0.39 is 0 Å². The number of halogens is 1. The molecule has 0 N–H and O–H groups in total. The molecule has 2 aromatic heterocycles. The molecule has 0 aliphatic carbocycles. The molecule has 0 fully saturated rings. The minimum absolute atomic E-state index is 0.733. The molecule has 1 aromatic carbocycles. The maximum atomic E-state index is 4.74. The van der Waals surface area contributed by atoms with Gasteiger partial charge in [0.15, 0.2) is 5.82 Å². The lowest BCUT2D eigenvalue weighted by Gasteiger charge is -2.14. The first-order chi connectivity index (χ1) is 10.8. The zero-order valence-corrected chi connectivity index (χ0v) is 13.8. The first-order valence-electron chi connectivity index (χ1n) is 6.64. The number of thioether (sulfide) groups is 1. The molecule has 4 rings (SSSR count). The van der Waals surface area contributed by atoms with Gasteiger partial charge in [-0.2, -0.15) is 9.78 Å². The van der Waals surface area contributed by atoms with Crippen LogP contribution in [0.25, 0.3) is 11.4 Å². The van der Waals surface area contributed by atoms with Gasteiger partial charge in [0.05, 0.1) is 5.71 Å². The van der Waals surface area contributed by atoms with Gasteiger partial charge in [0.1, 0.15) is 0 Å². The van der Waals surface area contributed by atoms with E-state index in [1.54, 1.807) is 28.8 Å². The van der Waals surface area contributed by atoms with Crippen molar-refractivity contribution < 1.29 is 0 Å². The highest BCUT2D eigenvalue weighted by molar-refractivity contribution is 9.10. The number of aromatic nitrogens is 4. The summed E-state index contributed by atoms with van der Waals surface area (Å²) < 4.78 is 2.85. The summed E-state index contributed by atoms with van der Waals surface area (Å²) in [5.74, 6) is 1.52. The number of benzene rings is 1. The molecule has 108 valence electrons. The van der Waals surface area contributed by atoms with Crippen molar-refractivity contribution in [2.75, 3.05) is 5.75 Å². The zero-order valence-electron chi connectivity index (χ0n) is 11.3.